The lowest BCUT2D eigenvalue weighted by Crippen LogP contribution is -2.33. The molecule has 26 heavy (non-hydrogen) atoms. The van der Waals surface area contributed by atoms with Gasteiger partial charge in [0.05, 0.1) is 11.0 Å². The Morgan fingerprint density at radius 2 is 1.69 bits per heavy atom. The van der Waals surface area contributed by atoms with Gasteiger partial charge < -0.3 is 9.88 Å². The van der Waals surface area contributed by atoms with Gasteiger partial charge in [0.1, 0.15) is 5.82 Å². The van der Waals surface area contributed by atoms with E-state index in [1.165, 1.54) is 11.5 Å². The Morgan fingerprint density at radius 1 is 0.923 bits per heavy atom. The largest absolute Gasteiger partial charge is 0.347 e. The molecule has 0 spiro atoms. The number of anilines is 1. The summed E-state index contributed by atoms with van der Waals surface area (Å²) in [5.41, 5.74) is 3.26. The van der Waals surface area contributed by atoms with Crippen LogP contribution in [0.3, 0.4) is 0 Å². The zero-order chi connectivity index (χ0) is 17.3. The van der Waals surface area contributed by atoms with Crippen LogP contribution in [0.2, 0.25) is 0 Å². The maximum atomic E-state index is 4.78. The number of benzene rings is 2. The van der Waals surface area contributed by atoms with Crippen LogP contribution < -0.4 is 4.90 Å². The van der Waals surface area contributed by atoms with E-state index in [0.29, 0.717) is 5.92 Å². The normalized spacial score (nSPS) is 15.6. The van der Waals surface area contributed by atoms with Crippen LogP contribution in [0.1, 0.15) is 24.6 Å². The third-order valence-electron chi connectivity index (χ3n) is 5.01. The molecule has 1 aliphatic rings. The molecule has 5 nitrogen and oxygen atoms in total. The van der Waals surface area contributed by atoms with E-state index < -0.39 is 0 Å². The zero-order valence-electron chi connectivity index (χ0n) is 14.3. The molecule has 3 heterocycles. The zero-order valence-corrected chi connectivity index (χ0v) is 15.1. The number of aromatic nitrogens is 4. The standard InChI is InChI=1S/C20H19N5S/c1-2-6-14(7-3-1)19-23-20(26-24-19)25-12-10-15(11-13-25)18-21-16-8-4-5-9-17(16)22-18/h1-9,15H,10-13H2,(H,21,22). The second-order valence-electron chi connectivity index (χ2n) is 6.67. The smallest absolute Gasteiger partial charge is 0.205 e. The summed E-state index contributed by atoms with van der Waals surface area (Å²) >= 11 is 1.49. The summed E-state index contributed by atoms with van der Waals surface area (Å²) in [5, 5.41) is 1.02. The second kappa shape index (κ2) is 6.53. The SMILES string of the molecule is c1ccc(-c2nsc(N3CCC(c4nc5ccccc5[nH]4)CC3)n2)cc1. The van der Waals surface area contributed by atoms with Gasteiger partial charge >= 0.3 is 0 Å². The minimum atomic E-state index is 0.486. The van der Waals surface area contributed by atoms with E-state index in [0.717, 1.165) is 59.3 Å². The Hall–Kier alpha value is -2.73. The molecule has 0 bridgehead atoms. The summed E-state index contributed by atoms with van der Waals surface area (Å²) in [5.74, 6) is 2.43. The molecule has 2 aromatic carbocycles. The molecular formula is C20H19N5S. The number of fused-ring (bicyclic) bond motifs is 1. The van der Waals surface area contributed by atoms with Crippen molar-refractivity contribution < 1.29 is 0 Å². The number of hydrogen-bond donors (Lipinski definition) is 1. The van der Waals surface area contributed by atoms with Crippen LogP contribution in [0.25, 0.3) is 22.4 Å². The third-order valence-corrected chi connectivity index (χ3v) is 5.78. The maximum Gasteiger partial charge on any atom is 0.205 e. The molecule has 0 atom stereocenters. The van der Waals surface area contributed by atoms with Crippen LogP contribution in [0.4, 0.5) is 5.13 Å². The van der Waals surface area contributed by atoms with Crippen molar-refractivity contribution in [2.75, 3.05) is 18.0 Å². The number of H-pyrrole nitrogens is 1. The number of piperidine rings is 1. The Balaban J connectivity index is 1.29. The number of imidazole rings is 1. The van der Waals surface area contributed by atoms with E-state index in [1.807, 2.05) is 30.3 Å². The molecule has 0 aliphatic carbocycles. The molecule has 1 saturated heterocycles. The molecule has 0 amide bonds. The van der Waals surface area contributed by atoms with Crippen LogP contribution in [0.5, 0.6) is 0 Å². The van der Waals surface area contributed by atoms with Crippen LogP contribution in [0.15, 0.2) is 54.6 Å². The predicted molar refractivity (Wildman–Crippen MR) is 106 cm³/mol. The van der Waals surface area contributed by atoms with Crippen molar-refractivity contribution in [2.45, 2.75) is 18.8 Å². The third kappa shape index (κ3) is 2.86. The first kappa shape index (κ1) is 15.5. The number of nitrogens with zero attached hydrogens (tertiary/aromatic N) is 4. The topological polar surface area (TPSA) is 57.7 Å². The molecule has 2 aromatic heterocycles. The summed E-state index contributed by atoms with van der Waals surface area (Å²) in [6.07, 6.45) is 2.17. The van der Waals surface area contributed by atoms with Crippen molar-refractivity contribution in [3.63, 3.8) is 0 Å². The Labute approximate surface area is 155 Å². The highest BCUT2D eigenvalue weighted by Gasteiger charge is 2.25. The lowest BCUT2D eigenvalue weighted by atomic mass is 9.96. The highest BCUT2D eigenvalue weighted by atomic mass is 32.1. The van der Waals surface area contributed by atoms with Crippen LogP contribution in [0, 0.1) is 0 Å². The Bertz CT molecular complexity index is 982. The fourth-order valence-corrected chi connectivity index (χ4v) is 4.30. The second-order valence-corrected chi connectivity index (χ2v) is 7.40. The Kier molecular flexibility index (Phi) is 3.90. The van der Waals surface area contributed by atoms with Crippen molar-refractivity contribution in [2.24, 2.45) is 0 Å². The van der Waals surface area contributed by atoms with E-state index in [2.05, 4.69) is 38.5 Å². The monoisotopic (exact) mass is 361 g/mol. The summed E-state index contributed by atoms with van der Waals surface area (Å²) in [6.45, 7) is 1.98. The molecule has 0 saturated carbocycles. The molecule has 0 unspecified atom stereocenters. The Morgan fingerprint density at radius 3 is 2.50 bits per heavy atom. The number of hydrogen-bond acceptors (Lipinski definition) is 5. The van der Waals surface area contributed by atoms with E-state index >= 15 is 0 Å². The maximum absolute atomic E-state index is 4.78. The summed E-state index contributed by atoms with van der Waals surface area (Å²) in [4.78, 5) is 15.4. The van der Waals surface area contributed by atoms with Gasteiger partial charge in [-0.05, 0) is 25.0 Å². The number of nitrogens with one attached hydrogen (secondary N) is 1. The van der Waals surface area contributed by atoms with Crippen LogP contribution in [-0.4, -0.2) is 32.4 Å². The van der Waals surface area contributed by atoms with Crippen molar-refractivity contribution in [3.8, 4) is 11.4 Å². The molecule has 0 radical (unpaired) electrons. The molecular weight excluding hydrogens is 342 g/mol. The molecule has 5 rings (SSSR count). The number of rotatable bonds is 3. The average molecular weight is 361 g/mol. The van der Waals surface area contributed by atoms with Gasteiger partial charge in [-0.15, -0.1) is 0 Å². The summed E-state index contributed by atoms with van der Waals surface area (Å²) < 4.78 is 4.54. The molecule has 4 aromatic rings. The van der Waals surface area contributed by atoms with E-state index in [-0.39, 0.29) is 0 Å². The van der Waals surface area contributed by atoms with Gasteiger partial charge in [-0.3, -0.25) is 0 Å². The quantitative estimate of drug-likeness (QED) is 0.585. The van der Waals surface area contributed by atoms with Gasteiger partial charge in [-0.1, -0.05) is 42.5 Å². The van der Waals surface area contributed by atoms with Crippen molar-refractivity contribution in [1.29, 1.82) is 0 Å². The molecule has 6 heteroatoms. The van der Waals surface area contributed by atoms with Gasteiger partial charge in [0.2, 0.25) is 5.13 Å². The van der Waals surface area contributed by atoms with Gasteiger partial charge in [-0.25, -0.2) is 4.98 Å². The summed E-state index contributed by atoms with van der Waals surface area (Å²) in [6, 6.07) is 18.4. The lowest BCUT2D eigenvalue weighted by molar-refractivity contribution is 0.489. The number of aromatic amines is 1. The van der Waals surface area contributed by atoms with Crippen molar-refractivity contribution >= 4 is 27.7 Å². The van der Waals surface area contributed by atoms with Crippen molar-refractivity contribution in [3.05, 3.63) is 60.4 Å². The predicted octanol–water partition coefficient (Wildman–Crippen LogP) is 4.47. The minimum absolute atomic E-state index is 0.486. The fraction of sp³-hybridized carbons (Fsp3) is 0.250. The van der Waals surface area contributed by atoms with Crippen LogP contribution in [-0.2, 0) is 0 Å². The number of para-hydroxylation sites is 2. The van der Waals surface area contributed by atoms with E-state index in [9.17, 15) is 0 Å². The fourth-order valence-electron chi connectivity index (χ4n) is 3.56. The highest BCUT2D eigenvalue weighted by molar-refractivity contribution is 7.09. The van der Waals surface area contributed by atoms with E-state index in [1.54, 1.807) is 0 Å². The molecule has 130 valence electrons. The van der Waals surface area contributed by atoms with Gasteiger partial charge in [0.15, 0.2) is 5.82 Å². The van der Waals surface area contributed by atoms with Gasteiger partial charge in [-0.2, -0.15) is 9.36 Å². The first-order chi connectivity index (χ1) is 12.9. The van der Waals surface area contributed by atoms with E-state index in [4.69, 9.17) is 9.97 Å². The highest BCUT2D eigenvalue weighted by Crippen LogP contribution is 2.32. The van der Waals surface area contributed by atoms with Gasteiger partial charge in [0, 0.05) is 36.1 Å². The first-order valence-electron chi connectivity index (χ1n) is 8.95. The molecule has 1 aliphatic heterocycles. The molecule has 1 N–H and O–H groups in total. The van der Waals surface area contributed by atoms with Crippen LogP contribution >= 0.6 is 11.5 Å². The van der Waals surface area contributed by atoms with Gasteiger partial charge in [0.25, 0.3) is 0 Å². The molecule has 1 fully saturated rings. The lowest BCUT2D eigenvalue weighted by Gasteiger charge is -2.30. The average Bonchev–Trinajstić information content (AvgIpc) is 3.36. The minimum Gasteiger partial charge on any atom is -0.347 e. The summed E-state index contributed by atoms with van der Waals surface area (Å²) in [7, 11) is 0. The first-order valence-corrected chi connectivity index (χ1v) is 9.73. The van der Waals surface area contributed by atoms with Crippen molar-refractivity contribution in [1.82, 2.24) is 19.3 Å².